The Labute approximate surface area is 148 Å². The molecule has 0 unspecified atom stereocenters. The molecule has 0 radical (unpaired) electrons. The van der Waals surface area contributed by atoms with Crippen LogP contribution in [0.3, 0.4) is 0 Å². The summed E-state index contributed by atoms with van der Waals surface area (Å²) in [4.78, 5) is 31.2. The first kappa shape index (κ1) is 16.7. The molecule has 0 N–H and O–H groups in total. The van der Waals surface area contributed by atoms with Crippen LogP contribution in [-0.2, 0) is 17.9 Å². The average molecular weight is 362 g/mol. The second-order valence-corrected chi connectivity index (χ2v) is 6.78. The highest BCUT2D eigenvalue weighted by atomic mass is 35.5. The van der Waals surface area contributed by atoms with Crippen molar-refractivity contribution < 1.29 is 4.79 Å². The zero-order valence-corrected chi connectivity index (χ0v) is 14.7. The minimum Gasteiger partial charge on any atom is -0.341 e. The van der Waals surface area contributed by atoms with Crippen molar-refractivity contribution in [2.45, 2.75) is 19.5 Å². The van der Waals surface area contributed by atoms with Gasteiger partial charge in [-0.3, -0.25) is 14.2 Å². The third-order valence-corrected chi connectivity index (χ3v) is 5.00. The molecule has 24 heavy (non-hydrogen) atoms. The second-order valence-electron chi connectivity index (χ2n) is 5.47. The zero-order valence-electron chi connectivity index (χ0n) is 13.1. The number of amides is 1. The number of aromatic nitrogens is 2. The van der Waals surface area contributed by atoms with Crippen LogP contribution < -0.4 is 5.56 Å². The molecule has 3 rings (SSSR count). The third kappa shape index (κ3) is 3.49. The number of benzene rings is 1. The smallest absolute Gasteiger partial charge is 0.262 e. The van der Waals surface area contributed by atoms with Gasteiger partial charge in [-0.1, -0.05) is 29.8 Å². The molecule has 0 spiro atoms. The fourth-order valence-corrected chi connectivity index (χ4v) is 3.35. The predicted molar refractivity (Wildman–Crippen MR) is 96.4 cm³/mol. The monoisotopic (exact) mass is 361 g/mol. The van der Waals surface area contributed by atoms with Crippen LogP contribution in [0.4, 0.5) is 0 Å². The van der Waals surface area contributed by atoms with E-state index in [1.165, 1.54) is 22.2 Å². The van der Waals surface area contributed by atoms with Crippen molar-refractivity contribution in [2.75, 3.05) is 7.05 Å². The SMILES string of the molecule is CN(Cc1ccccc1Cl)C(=O)CCn1cnc2sccc2c1=O. The lowest BCUT2D eigenvalue weighted by atomic mass is 10.2. The highest BCUT2D eigenvalue weighted by molar-refractivity contribution is 7.16. The van der Waals surface area contributed by atoms with Gasteiger partial charge < -0.3 is 4.90 Å². The molecular weight excluding hydrogens is 346 g/mol. The van der Waals surface area contributed by atoms with E-state index in [-0.39, 0.29) is 17.9 Å². The van der Waals surface area contributed by atoms with E-state index in [4.69, 9.17) is 11.6 Å². The van der Waals surface area contributed by atoms with Crippen LogP contribution in [0.15, 0.2) is 46.8 Å². The van der Waals surface area contributed by atoms with Gasteiger partial charge in [0.05, 0.1) is 11.7 Å². The summed E-state index contributed by atoms with van der Waals surface area (Å²) in [6.07, 6.45) is 1.74. The molecule has 124 valence electrons. The fourth-order valence-electron chi connectivity index (χ4n) is 2.43. The largest absolute Gasteiger partial charge is 0.341 e. The van der Waals surface area contributed by atoms with Crippen LogP contribution >= 0.6 is 22.9 Å². The Morgan fingerprint density at radius 1 is 1.33 bits per heavy atom. The second kappa shape index (κ2) is 7.15. The Balaban J connectivity index is 1.65. The molecule has 0 saturated carbocycles. The topological polar surface area (TPSA) is 55.2 Å². The number of rotatable bonds is 5. The Hall–Kier alpha value is -2.18. The van der Waals surface area contributed by atoms with Crippen LogP contribution in [0.2, 0.25) is 5.02 Å². The standard InChI is InChI=1S/C17H16ClN3O2S/c1-20(10-12-4-2-3-5-14(12)18)15(22)6-8-21-11-19-16-13(17(21)23)7-9-24-16/h2-5,7,9,11H,6,8,10H2,1H3. The molecular formula is C17H16ClN3O2S. The summed E-state index contributed by atoms with van der Waals surface area (Å²) in [6.45, 7) is 0.749. The number of nitrogens with zero attached hydrogens (tertiary/aromatic N) is 3. The van der Waals surface area contributed by atoms with Crippen molar-refractivity contribution in [1.29, 1.82) is 0 Å². The van der Waals surface area contributed by atoms with Crippen LogP contribution in [0.1, 0.15) is 12.0 Å². The lowest BCUT2D eigenvalue weighted by molar-refractivity contribution is -0.130. The summed E-state index contributed by atoms with van der Waals surface area (Å²) >= 11 is 7.55. The lowest BCUT2D eigenvalue weighted by Crippen LogP contribution is -2.29. The number of aryl methyl sites for hydroxylation is 1. The molecule has 0 bridgehead atoms. The van der Waals surface area contributed by atoms with E-state index in [0.717, 1.165) is 10.4 Å². The van der Waals surface area contributed by atoms with E-state index in [9.17, 15) is 9.59 Å². The summed E-state index contributed by atoms with van der Waals surface area (Å²) in [5.41, 5.74) is 0.788. The first-order chi connectivity index (χ1) is 11.6. The van der Waals surface area contributed by atoms with Gasteiger partial charge in [-0.25, -0.2) is 4.98 Å². The highest BCUT2D eigenvalue weighted by Gasteiger charge is 2.12. The summed E-state index contributed by atoms with van der Waals surface area (Å²) in [6, 6.07) is 9.20. The van der Waals surface area contributed by atoms with Gasteiger partial charge in [0, 0.05) is 31.6 Å². The van der Waals surface area contributed by atoms with Gasteiger partial charge >= 0.3 is 0 Å². The van der Waals surface area contributed by atoms with Crippen molar-refractivity contribution in [3.63, 3.8) is 0 Å². The van der Waals surface area contributed by atoms with Gasteiger partial charge in [0.15, 0.2) is 0 Å². The summed E-state index contributed by atoms with van der Waals surface area (Å²) in [5, 5.41) is 3.08. The summed E-state index contributed by atoms with van der Waals surface area (Å²) in [7, 11) is 1.73. The number of thiophene rings is 1. The number of carbonyl (C=O) groups excluding carboxylic acids is 1. The maximum Gasteiger partial charge on any atom is 0.262 e. The number of fused-ring (bicyclic) bond motifs is 1. The molecule has 1 aromatic carbocycles. The lowest BCUT2D eigenvalue weighted by Gasteiger charge is -2.18. The average Bonchev–Trinajstić information content (AvgIpc) is 3.05. The Morgan fingerprint density at radius 3 is 2.92 bits per heavy atom. The number of carbonyl (C=O) groups is 1. The first-order valence-electron chi connectivity index (χ1n) is 7.46. The molecule has 2 heterocycles. The molecule has 1 amide bonds. The molecule has 0 fully saturated rings. The molecule has 0 atom stereocenters. The molecule has 5 nitrogen and oxygen atoms in total. The minimum absolute atomic E-state index is 0.0489. The number of hydrogen-bond donors (Lipinski definition) is 0. The van der Waals surface area contributed by atoms with E-state index in [2.05, 4.69) is 4.98 Å². The van der Waals surface area contributed by atoms with Crippen LogP contribution in [0.25, 0.3) is 10.2 Å². The van der Waals surface area contributed by atoms with Gasteiger partial charge in [0.25, 0.3) is 5.56 Å². The van der Waals surface area contributed by atoms with E-state index in [0.29, 0.717) is 23.5 Å². The number of hydrogen-bond acceptors (Lipinski definition) is 4. The first-order valence-corrected chi connectivity index (χ1v) is 8.72. The van der Waals surface area contributed by atoms with Crippen molar-refractivity contribution in [3.05, 3.63) is 63.0 Å². The van der Waals surface area contributed by atoms with Crippen molar-refractivity contribution >= 4 is 39.1 Å². The van der Waals surface area contributed by atoms with Crippen molar-refractivity contribution in [2.24, 2.45) is 0 Å². The molecule has 0 aliphatic heterocycles. The maximum atomic E-state index is 12.3. The fraction of sp³-hybridized carbons (Fsp3) is 0.235. The number of halogens is 1. The van der Waals surface area contributed by atoms with E-state index in [1.807, 2.05) is 23.6 Å². The van der Waals surface area contributed by atoms with Gasteiger partial charge in [0.2, 0.25) is 5.91 Å². The molecule has 0 aliphatic rings. The molecule has 3 aromatic rings. The summed E-state index contributed by atoms with van der Waals surface area (Å²) < 4.78 is 1.48. The van der Waals surface area contributed by atoms with Gasteiger partial charge in [0.1, 0.15) is 4.83 Å². The van der Waals surface area contributed by atoms with Crippen molar-refractivity contribution in [3.8, 4) is 0 Å². The van der Waals surface area contributed by atoms with E-state index < -0.39 is 0 Å². The summed E-state index contributed by atoms with van der Waals surface area (Å²) in [5.74, 6) is -0.0489. The minimum atomic E-state index is -0.109. The van der Waals surface area contributed by atoms with Crippen LogP contribution in [0.5, 0.6) is 0 Å². The highest BCUT2D eigenvalue weighted by Crippen LogP contribution is 2.17. The maximum absolute atomic E-state index is 12.3. The van der Waals surface area contributed by atoms with E-state index in [1.54, 1.807) is 24.1 Å². The normalized spacial score (nSPS) is 10.9. The molecule has 0 aliphatic carbocycles. The Kier molecular flexibility index (Phi) is 4.97. The van der Waals surface area contributed by atoms with Crippen LogP contribution in [-0.4, -0.2) is 27.4 Å². The molecule has 7 heteroatoms. The predicted octanol–water partition coefficient (Wildman–Crippen LogP) is 3.16. The third-order valence-electron chi connectivity index (χ3n) is 3.81. The molecule has 2 aromatic heterocycles. The molecule has 0 saturated heterocycles. The van der Waals surface area contributed by atoms with Crippen molar-refractivity contribution in [1.82, 2.24) is 14.5 Å². The van der Waals surface area contributed by atoms with Gasteiger partial charge in [-0.15, -0.1) is 11.3 Å². The zero-order chi connectivity index (χ0) is 17.1. The van der Waals surface area contributed by atoms with E-state index >= 15 is 0 Å². The van der Waals surface area contributed by atoms with Crippen LogP contribution in [0, 0.1) is 0 Å². The quantitative estimate of drug-likeness (QED) is 0.701. The van der Waals surface area contributed by atoms with Gasteiger partial charge in [-0.05, 0) is 23.1 Å². The Morgan fingerprint density at radius 2 is 2.12 bits per heavy atom. The Bertz CT molecular complexity index is 935. The van der Waals surface area contributed by atoms with Gasteiger partial charge in [-0.2, -0.15) is 0 Å².